The number of hydrogen-bond donors (Lipinski definition) is 1. The van der Waals surface area contributed by atoms with Crippen molar-refractivity contribution in [1.82, 2.24) is 5.32 Å². The fraction of sp³-hybridized carbons (Fsp3) is 1.00. The molecule has 0 radical (unpaired) electrons. The highest BCUT2D eigenvalue weighted by molar-refractivity contribution is 5.04. The highest BCUT2D eigenvalue weighted by Crippen LogP contribution is 2.45. The smallest absolute Gasteiger partial charge is 0.0604 e. The summed E-state index contributed by atoms with van der Waals surface area (Å²) in [7, 11) is 0. The third kappa shape index (κ3) is 2.05. The van der Waals surface area contributed by atoms with Crippen molar-refractivity contribution in [3.8, 4) is 0 Å². The lowest BCUT2D eigenvalue weighted by Crippen LogP contribution is -2.47. The first kappa shape index (κ1) is 9.47. The van der Waals surface area contributed by atoms with Crippen molar-refractivity contribution < 1.29 is 4.74 Å². The summed E-state index contributed by atoms with van der Waals surface area (Å²) in [6.07, 6.45) is 4.34. The van der Waals surface area contributed by atoms with Crippen molar-refractivity contribution in [1.29, 1.82) is 0 Å². The Morgan fingerprint density at radius 3 is 2.46 bits per heavy atom. The van der Waals surface area contributed by atoms with Gasteiger partial charge in [0.1, 0.15) is 0 Å². The molecular formula is C11H21NO. The maximum absolute atomic E-state index is 5.52. The zero-order valence-corrected chi connectivity index (χ0v) is 8.97. The second kappa shape index (κ2) is 3.25. The van der Waals surface area contributed by atoms with Gasteiger partial charge in [0.15, 0.2) is 0 Å². The van der Waals surface area contributed by atoms with E-state index < -0.39 is 0 Å². The van der Waals surface area contributed by atoms with Gasteiger partial charge in [0.05, 0.1) is 6.10 Å². The van der Waals surface area contributed by atoms with Gasteiger partial charge in [0.2, 0.25) is 0 Å². The van der Waals surface area contributed by atoms with Crippen LogP contribution in [0.4, 0.5) is 0 Å². The van der Waals surface area contributed by atoms with E-state index >= 15 is 0 Å². The molecule has 76 valence electrons. The van der Waals surface area contributed by atoms with Crippen molar-refractivity contribution in [2.75, 3.05) is 6.61 Å². The van der Waals surface area contributed by atoms with Crippen LogP contribution < -0.4 is 5.32 Å². The summed E-state index contributed by atoms with van der Waals surface area (Å²) in [5.41, 5.74) is 0.566. The lowest BCUT2D eigenvalue weighted by molar-refractivity contribution is -0.0108. The molecule has 1 N–H and O–H groups in total. The first-order valence-electron chi connectivity index (χ1n) is 5.49. The maximum Gasteiger partial charge on any atom is 0.0604 e. The Kier molecular flexibility index (Phi) is 2.37. The van der Waals surface area contributed by atoms with Crippen LogP contribution in [0.5, 0.6) is 0 Å². The van der Waals surface area contributed by atoms with Gasteiger partial charge in [-0.25, -0.2) is 0 Å². The lowest BCUT2D eigenvalue weighted by atomic mass is 9.89. The summed E-state index contributed by atoms with van der Waals surface area (Å²) in [5, 5.41) is 3.69. The maximum atomic E-state index is 5.52. The third-order valence-corrected chi connectivity index (χ3v) is 3.45. The molecule has 0 aromatic carbocycles. The SMILES string of the molecule is CCOC1CC(NC2CC2(C)C)C1. The quantitative estimate of drug-likeness (QED) is 0.719. The van der Waals surface area contributed by atoms with Crippen LogP contribution in [-0.4, -0.2) is 24.8 Å². The summed E-state index contributed by atoms with van der Waals surface area (Å²) >= 11 is 0. The molecule has 1 atom stereocenters. The van der Waals surface area contributed by atoms with Crippen molar-refractivity contribution >= 4 is 0 Å². The summed E-state index contributed by atoms with van der Waals surface area (Å²) in [6, 6.07) is 1.52. The van der Waals surface area contributed by atoms with E-state index in [0.717, 1.165) is 18.7 Å². The van der Waals surface area contributed by atoms with E-state index in [1.54, 1.807) is 0 Å². The van der Waals surface area contributed by atoms with Gasteiger partial charge in [-0.3, -0.25) is 0 Å². The van der Waals surface area contributed by atoms with Gasteiger partial charge in [0.25, 0.3) is 0 Å². The zero-order chi connectivity index (χ0) is 9.47. The predicted octanol–water partition coefficient (Wildman–Crippen LogP) is 1.94. The Balaban J connectivity index is 1.60. The first-order chi connectivity index (χ1) is 6.12. The Hall–Kier alpha value is -0.0800. The summed E-state index contributed by atoms with van der Waals surface area (Å²) < 4.78 is 5.52. The lowest BCUT2D eigenvalue weighted by Gasteiger charge is -2.36. The van der Waals surface area contributed by atoms with E-state index in [4.69, 9.17) is 4.74 Å². The Morgan fingerprint density at radius 2 is 2.00 bits per heavy atom. The molecule has 13 heavy (non-hydrogen) atoms. The molecule has 2 aliphatic carbocycles. The summed E-state index contributed by atoms with van der Waals surface area (Å²) in [6.45, 7) is 7.61. The molecule has 0 amide bonds. The zero-order valence-electron chi connectivity index (χ0n) is 8.97. The molecule has 0 aliphatic heterocycles. The Morgan fingerprint density at radius 1 is 1.38 bits per heavy atom. The van der Waals surface area contributed by atoms with Gasteiger partial charge in [-0.05, 0) is 31.6 Å². The van der Waals surface area contributed by atoms with Gasteiger partial charge in [0, 0.05) is 18.7 Å². The van der Waals surface area contributed by atoms with Gasteiger partial charge in [-0.2, -0.15) is 0 Å². The minimum Gasteiger partial charge on any atom is -0.378 e. The van der Waals surface area contributed by atoms with Crippen molar-refractivity contribution in [2.45, 2.75) is 58.2 Å². The van der Waals surface area contributed by atoms with E-state index in [-0.39, 0.29) is 0 Å². The number of nitrogens with one attached hydrogen (secondary N) is 1. The van der Waals surface area contributed by atoms with Crippen LogP contribution in [0, 0.1) is 5.41 Å². The molecule has 2 rings (SSSR count). The normalized spacial score (nSPS) is 41.3. The van der Waals surface area contributed by atoms with E-state index in [9.17, 15) is 0 Å². The largest absolute Gasteiger partial charge is 0.378 e. The van der Waals surface area contributed by atoms with Crippen LogP contribution in [0.15, 0.2) is 0 Å². The molecule has 0 bridgehead atoms. The number of rotatable bonds is 4. The van der Waals surface area contributed by atoms with Crippen molar-refractivity contribution in [2.24, 2.45) is 5.41 Å². The average molecular weight is 183 g/mol. The molecular weight excluding hydrogens is 162 g/mol. The Bertz CT molecular complexity index is 185. The molecule has 0 aromatic rings. The summed E-state index contributed by atoms with van der Waals surface area (Å²) in [4.78, 5) is 0. The van der Waals surface area contributed by atoms with Gasteiger partial charge >= 0.3 is 0 Å². The van der Waals surface area contributed by atoms with E-state index in [1.807, 2.05) is 0 Å². The second-order valence-electron chi connectivity index (χ2n) is 5.16. The molecule has 2 aliphatic rings. The van der Waals surface area contributed by atoms with Crippen LogP contribution in [0.3, 0.4) is 0 Å². The van der Waals surface area contributed by atoms with Gasteiger partial charge in [-0.1, -0.05) is 13.8 Å². The van der Waals surface area contributed by atoms with Crippen LogP contribution in [0.25, 0.3) is 0 Å². The van der Waals surface area contributed by atoms with E-state index in [0.29, 0.717) is 11.5 Å². The number of ether oxygens (including phenoxy) is 1. The predicted molar refractivity (Wildman–Crippen MR) is 53.8 cm³/mol. The molecule has 0 saturated heterocycles. The van der Waals surface area contributed by atoms with Crippen LogP contribution in [-0.2, 0) is 4.74 Å². The molecule has 2 fully saturated rings. The molecule has 2 heteroatoms. The molecule has 0 spiro atoms. The van der Waals surface area contributed by atoms with E-state index in [2.05, 4.69) is 26.1 Å². The molecule has 0 aromatic heterocycles. The van der Waals surface area contributed by atoms with Gasteiger partial charge < -0.3 is 10.1 Å². The molecule has 0 heterocycles. The monoisotopic (exact) mass is 183 g/mol. The number of hydrogen-bond acceptors (Lipinski definition) is 2. The highest BCUT2D eigenvalue weighted by atomic mass is 16.5. The average Bonchev–Trinajstić information content (AvgIpc) is 2.55. The fourth-order valence-corrected chi connectivity index (χ4v) is 2.11. The molecule has 2 saturated carbocycles. The first-order valence-corrected chi connectivity index (χ1v) is 5.49. The van der Waals surface area contributed by atoms with Crippen LogP contribution in [0.1, 0.15) is 40.0 Å². The fourth-order valence-electron chi connectivity index (χ4n) is 2.11. The van der Waals surface area contributed by atoms with Crippen LogP contribution in [0.2, 0.25) is 0 Å². The standard InChI is InChI=1S/C11H21NO/c1-4-13-9-5-8(6-9)12-10-7-11(10,2)3/h8-10,12H,4-7H2,1-3H3. The van der Waals surface area contributed by atoms with Crippen molar-refractivity contribution in [3.05, 3.63) is 0 Å². The third-order valence-electron chi connectivity index (χ3n) is 3.45. The highest BCUT2D eigenvalue weighted by Gasteiger charge is 2.47. The Labute approximate surface area is 81.0 Å². The van der Waals surface area contributed by atoms with E-state index in [1.165, 1.54) is 19.3 Å². The topological polar surface area (TPSA) is 21.3 Å². The minimum atomic E-state index is 0.546. The molecule has 2 nitrogen and oxygen atoms in total. The summed E-state index contributed by atoms with van der Waals surface area (Å²) in [5.74, 6) is 0. The van der Waals surface area contributed by atoms with Crippen molar-refractivity contribution in [3.63, 3.8) is 0 Å². The second-order valence-corrected chi connectivity index (χ2v) is 5.16. The molecule has 1 unspecified atom stereocenters. The van der Waals surface area contributed by atoms with Crippen LogP contribution >= 0.6 is 0 Å². The van der Waals surface area contributed by atoms with Gasteiger partial charge in [-0.15, -0.1) is 0 Å². The minimum absolute atomic E-state index is 0.546.